The summed E-state index contributed by atoms with van der Waals surface area (Å²) in [6.45, 7) is 6.84. The second-order valence-corrected chi connectivity index (χ2v) is 4.78. The lowest BCUT2D eigenvalue weighted by Crippen LogP contribution is -2.24. The van der Waals surface area contributed by atoms with Gasteiger partial charge in [0.05, 0.1) is 11.1 Å². The second kappa shape index (κ2) is 8.73. The number of carbonyl (C=O) groups excluding carboxylic acids is 2. The molecule has 124 valence electrons. The number of carbonyl (C=O) groups is 3. The molecule has 0 saturated heterocycles. The molecule has 1 unspecified atom stereocenters. The summed E-state index contributed by atoms with van der Waals surface area (Å²) >= 11 is 0. The Balaban J connectivity index is 3.07. The van der Waals surface area contributed by atoms with Crippen LogP contribution in [-0.4, -0.2) is 29.3 Å². The van der Waals surface area contributed by atoms with E-state index in [0.29, 0.717) is 12.0 Å². The monoisotopic (exact) mass is 320 g/mol. The zero-order chi connectivity index (χ0) is 17.4. The van der Waals surface area contributed by atoms with Crippen molar-refractivity contribution in [3.05, 3.63) is 47.5 Å². The molecule has 0 aliphatic heterocycles. The van der Waals surface area contributed by atoms with E-state index in [-0.39, 0.29) is 17.5 Å². The maximum Gasteiger partial charge on any atom is 0.342 e. The average Bonchev–Trinajstić information content (AvgIpc) is 2.53. The van der Waals surface area contributed by atoms with Crippen LogP contribution in [0.4, 0.5) is 0 Å². The van der Waals surface area contributed by atoms with Gasteiger partial charge in [-0.1, -0.05) is 39.0 Å². The van der Waals surface area contributed by atoms with Crippen molar-refractivity contribution in [2.45, 2.75) is 39.4 Å². The van der Waals surface area contributed by atoms with E-state index in [0.717, 1.165) is 12.5 Å². The van der Waals surface area contributed by atoms with Crippen molar-refractivity contribution in [1.29, 1.82) is 0 Å². The third-order valence-corrected chi connectivity index (χ3v) is 3.09. The number of aryl methyl sites for hydroxylation is 1. The predicted octanol–water partition coefficient (Wildman–Crippen LogP) is 2.96. The molecule has 0 heterocycles. The van der Waals surface area contributed by atoms with E-state index < -0.39 is 24.2 Å². The molecule has 6 heteroatoms. The highest BCUT2D eigenvalue weighted by Gasteiger charge is 2.24. The molecule has 0 fully saturated rings. The number of aromatic carboxylic acids is 1. The van der Waals surface area contributed by atoms with Crippen molar-refractivity contribution in [3.63, 3.8) is 0 Å². The number of carboxylic acid groups (broad SMARTS) is 1. The van der Waals surface area contributed by atoms with Crippen LogP contribution in [0.3, 0.4) is 0 Å². The minimum absolute atomic E-state index is 0.0587. The normalized spacial score (nSPS) is 11.4. The summed E-state index contributed by atoms with van der Waals surface area (Å²) in [5.41, 5.74) is 0.423. The topological polar surface area (TPSA) is 89.9 Å². The largest absolute Gasteiger partial charge is 0.478 e. The first kappa shape index (κ1) is 18.4. The lowest BCUT2D eigenvalue weighted by Gasteiger charge is -2.17. The number of benzene rings is 1. The van der Waals surface area contributed by atoms with E-state index in [1.165, 1.54) is 6.07 Å². The number of carboxylic acids is 1. The molecular formula is C17H20O6. The van der Waals surface area contributed by atoms with Gasteiger partial charge >= 0.3 is 17.9 Å². The fraction of sp³-hybridized carbons (Fsp3) is 0.353. The van der Waals surface area contributed by atoms with Crippen LogP contribution in [0.25, 0.3) is 0 Å². The van der Waals surface area contributed by atoms with Gasteiger partial charge in [0.15, 0.2) is 0 Å². The molecule has 0 amide bonds. The first-order valence-corrected chi connectivity index (χ1v) is 7.33. The van der Waals surface area contributed by atoms with Gasteiger partial charge in [0.1, 0.15) is 0 Å². The van der Waals surface area contributed by atoms with E-state index in [9.17, 15) is 19.5 Å². The molecule has 6 nitrogen and oxygen atoms in total. The van der Waals surface area contributed by atoms with Crippen LogP contribution in [-0.2, 0) is 20.7 Å². The van der Waals surface area contributed by atoms with Crippen LogP contribution in [0.2, 0.25) is 0 Å². The number of rotatable bonds is 8. The van der Waals surface area contributed by atoms with Crippen LogP contribution in [0.5, 0.6) is 0 Å². The number of hydrogen-bond acceptors (Lipinski definition) is 5. The van der Waals surface area contributed by atoms with E-state index in [2.05, 4.69) is 6.58 Å². The van der Waals surface area contributed by atoms with E-state index in [1.54, 1.807) is 19.1 Å². The van der Waals surface area contributed by atoms with Crippen molar-refractivity contribution in [3.8, 4) is 0 Å². The third kappa shape index (κ3) is 4.95. The summed E-state index contributed by atoms with van der Waals surface area (Å²) in [6, 6.07) is 4.65. The molecule has 23 heavy (non-hydrogen) atoms. The SMILES string of the molecule is C=CC(=O)OC(CC)OC(=O)c1cccc(CCC)c1C(=O)O. The average molecular weight is 320 g/mol. The quantitative estimate of drug-likeness (QED) is 0.450. The van der Waals surface area contributed by atoms with Crippen LogP contribution < -0.4 is 0 Å². The zero-order valence-electron chi connectivity index (χ0n) is 13.2. The van der Waals surface area contributed by atoms with E-state index in [4.69, 9.17) is 9.47 Å². The molecule has 0 aliphatic rings. The van der Waals surface area contributed by atoms with Crippen LogP contribution in [0.15, 0.2) is 30.9 Å². The number of ether oxygens (including phenoxy) is 2. The Hall–Kier alpha value is -2.63. The summed E-state index contributed by atoms with van der Waals surface area (Å²) < 4.78 is 9.96. The summed E-state index contributed by atoms with van der Waals surface area (Å²) in [5.74, 6) is -2.76. The summed E-state index contributed by atoms with van der Waals surface area (Å²) in [4.78, 5) is 34.9. The Kier molecular flexibility index (Phi) is 6.99. The van der Waals surface area contributed by atoms with Crippen molar-refractivity contribution < 1.29 is 29.0 Å². The molecule has 0 spiro atoms. The summed E-state index contributed by atoms with van der Waals surface area (Å²) in [7, 11) is 0. The fourth-order valence-electron chi connectivity index (χ4n) is 2.05. The molecule has 0 aliphatic carbocycles. The van der Waals surface area contributed by atoms with Gasteiger partial charge in [-0.15, -0.1) is 0 Å². The van der Waals surface area contributed by atoms with Crippen LogP contribution in [0.1, 0.15) is 53.0 Å². The van der Waals surface area contributed by atoms with Crippen molar-refractivity contribution in [1.82, 2.24) is 0 Å². The second-order valence-electron chi connectivity index (χ2n) is 4.78. The highest BCUT2D eigenvalue weighted by molar-refractivity contribution is 6.03. The lowest BCUT2D eigenvalue weighted by atomic mass is 9.98. The van der Waals surface area contributed by atoms with Crippen LogP contribution in [0, 0.1) is 0 Å². The standard InChI is InChI=1S/C17H20O6/c1-4-8-11-9-7-10-12(15(11)16(19)20)17(21)23-14(6-3)22-13(18)5-2/h5,7,9-10,14H,2,4,6,8H2,1,3H3,(H,19,20). The first-order chi connectivity index (χ1) is 10.9. The van der Waals surface area contributed by atoms with Gasteiger partial charge in [-0.2, -0.15) is 0 Å². The highest BCUT2D eigenvalue weighted by atomic mass is 16.7. The zero-order valence-corrected chi connectivity index (χ0v) is 13.2. The summed E-state index contributed by atoms with van der Waals surface area (Å²) in [5, 5.41) is 9.39. The Bertz CT molecular complexity index is 605. The Morgan fingerprint density at radius 3 is 2.48 bits per heavy atom. The molecule has 0 radical (unpaired) electrons. The minimum atomic E-state index is -1.20. The van der Waals surface area contributed by atoms with Gasteiger partial charge in [-0.05, 0) is 18.1 Å². The van der Waals surface area contributed by atoms with Gasteiger partial charge in [0.2, 0.25) is 6.29 Å². The molecule has 1 rings (SSSR count). The van der Waals surface area contributed by atoms with Gasteiger partial charge in [-0.25, -0.2) is 14.4 Å². The summed E-state index contributed by atoms with van der Waals surface area (Å²) in [6.07, 6.45) is 1.38. The van der Waals surface area contributed by atoms with E-state index >= 15 is 0 Å². The van der Waals surface area contributed by atoms with Gasteiger partial charge in [0, 0.05) is 12.5 Å². The maximum atomic E-state index is 12.3. The molecule has 1 N–H and O–H groups in total. The molecular weight excluding hydrogens is 300 g/mol. The van der Waals surface area contributed by atoms with Crippen molar-refractivity contribution >= 4 is 17.9 Å². The first-order valence-electron chi connectivity index (χ1n) is 7.33. The van der Waals surface area contributed by atoms with Gasteiger partial charge < -0.3 is 14.6 Å². The maximum absolute atomic E-state index is 12.3. The number of esters is 2. The molecule has 1 aromatic carbocycles. The molecule has 0 bridgehead atoms. The molecule has 1 atom stereocenters. The molecule has 1 aromatic rings. The van der Waals surface area contributed by atoms with Crippen molar-refractivity contribution in [2.24, 2.45) is 0 Å². The Morgan fingerprint density at radius 1 is 1.26 bits per heavy atom. The smallest absolute Gasteiger partial charge is 0.342 e. The molecule has 0 aromatic heterocycles. The van der Waals surface area contributed by atoms with Crippen molar-refractivity contribution in [2.75, 3.05) is 0 Å². The third-order valence-electron chi connectivity index (χ3n) is 3.09. The number of hydrogen-bond donors (Lipinski definition) is 1. The molecule has 0 saturated carbocycles. The highest BCUT2D eigenvalue weighted by Crippen LogP contribution is 2.19. The predicted molar refractivity (Wildman–Crippen MR) is 83.2 cm³/mol. The van der Waals surface area contributed by atoms with E-state index in [1.807, 2.05) is 6.92 Å². The Labute approximate surface area is 134 Å². The fourth-order valence-corrected chi connectivity index (χ4v) is 2.05. The minimum Gasteiger partial charge on any atom is -0.478 e. The Morgan fingerprint density at radius 2 is 1.96 bits per heavy atom. The van der Waals surface area contributed by atoms with Gasteiger partial charge in [-0.3, -0.25) is 0 Å². The van der Waals surface area contributed by atoms with Crippen LogP contribution >= 0.6 is 0 Å². The van der Waals surface area contributed by atoms with Gasteiger partial charge in [0.25, 0.3) is 0 Å². The lowest BCUT2D eigenvalue weighted by molar-refractivity contribution is -0.162.